The van der Waals surface area contributed by atoms with Gasteiger partial charge < -0.3 is 4.55 Å². The third-order valence-corrected chi connectivity index (χ3v) is 8.17. The van der Waals surface area contributed by atoms with Gasteiger partial charge in [-0.3, -0.25) is 0 Å². The molecule has 0 aliphatic rings. The van der Waals surface area contributed by atoms with Crippen LogP contribution in [-0.2, 0) is 40.3 Å². The highest BCUT2D eigenvalue weighted by molar-refractivity contribution is 7.97. The smallest absolute Gasteiger partial charge is 0.485 e. The van der Waals surface area contributed by atoms with Crippen LogP contribution in [-0.4, -0.2) is 18.5 Å². The van der Waals surface area contributed by atoms with Crippen LogP contribution >= 0.6 is 0 Å². The number of halogens is 3. The van der Waals surface area contributed by atoms with Gasteiger partial charge in [-0.2, -0.15) is 13.2 Å². The van der Waals surface area contributed by atoms with Gasteiger partial charge in [-0.15, -0.1) is 0 Å². The van der Waals surface area contributed by atoms with Crippen LogP contribution in [0.4, 0.5) is 13.2 Å². The highest BCUT2D eigenvalue weighted by atomic mass is 32.2. The van der Waals surface area contributed by atoms with Crippen molar-refractivity contribution in [1.82, 2.24) is 0 Å². The summed E-state index contributed by atoms with van der Waals surface area (Å²) < 4.78 is 58.9. The van der Waals surface area contributed by atoms with Crippen molar-refractivity contribution in [3.05, 3.63) is 89.5 Å². The molecule has 196 valence electrons. The predicted octanol–water partition coefficient (Wildman–Crippen LogP) is 7.69. The molecular formula is C28H33F3O3S2. The van der Waals surface area contributed by atoms with E-state index < -0.39 is 15.6 Å². The molecule has 0 spiro atoms. The summed E-state index contributed by atoms with van der Waals surface area (Å²) in [6.45, 7) is 6.73. The first kappa shape index (κ1) is 29.9. The van der Waals surface area contributed by atoms with Gasteiger partial charge in [0.25, 0.3) is 0 Å². The van der Waals surface area contributed by atoms with Gasteiger partial charge in [-0.25, -0.2) is 8.42 Å². The second-order valence-corrected chi connectivity index (χ2v) is 11.8. The zero-order valence-electron chi connectivity index (χ0n) is 20.8. The average molecular weight is 539 g/mol. The molecule has 3 aromatic carbocycles. The number of hydrogen-bond donors (Lipinski definition) is 0. The molecule has 0 radical (unpaired) electrons. The monoisotopic (exact) mass is 538 g/mol. The molecule has 0 aliphatic carbocycles. The Kier molecular flexibility index (Phi) is 11.5. The molecule has 8 heteroatoms. The van der Waals surface area contributed by atoms with E-state index >= 15 is 0 Å². The highest BCUT2D eigenvalue weighted by Crippen LogP contribution is 2.32. The number of aryl methyl sites for hydroxylation is 3. The lowest BCUT2D eigenvalue weighted by atomic mass is 10.1. The van der Waals surface area contributed by atoms with E-state index in [-0.39, 0.29) is 10.9 Å². The van der Waals surface area contributed by atoms with Crippen molar-refractivity contribution in [1.29, 1.82) is 0 Å². The van der Waals surface area contributed by atoms with E-state index in [1.54, 1.807) is 0 Å². The van der Waals surface area contributed by atoms with Crippen LogP contribution in [0.15, 0.2) is 87.5 Å². The fraction of sp³-hybridized carbons (Fsp3) is 0.357. The molecular weight excluding hydrogens is 505 g/mol. The number of alkyl halides is 3. The second kappa shape index (κ2) is 13.9. The van der Waals surface area contributed by atoms with Crippen LogP contribution in [0.2, 0.25) is 0 Å². The second-order valence-electron chi connectivity index (χ2n) is 8.39. The van der Waals surface area contributed by atoms with E-state index in [0.717, 1.165) is 19.3 Å². The lowest BCUT2D eigenvalue weighted by Gasteiger charge is -2.10. The van der Waals surface area contributed by atoms with Gasteiger partial charge in [0.15, 0.2) is 24.8 Å². The minimum Gasteiger partial charge on any atom is -0.741 e. The third kappa shape index (κ3) is 8.98. The maximum absolute atomic E-state index is 10.7. The number of hydrogen-bond acceptors (Lipinski definition) is 3. The Bertz CT molecular complexity index is 1040. The van der Waals surface area contributed by atoms with Crippen LogP contribution < -0.4 is 0 Å². The first-order chi connectivity index (χ1) is 17.0. The molecule has 3 aromatic rings. The molecule has 0 atom stereocenters. The van der Waals surface area contributed by atoms with Gasteiger partial charge >= 0.3 is 5.51 Å². The Morgan fingerprint density at radius 1 is 0.611 bits per heavy atom. The first-order valence-electron chi connectivity index (χ1n) is 12.0. The molecule has 0 aliphatic heterocycles. The summed E-state index contributed by atoms with van der Waals surface area (Å²) in [4.78, 5) is 4.23. The summed E-state index contributed by atoms with van der Waals surface area (Å²) in [6.07, 6.45) is 7.07. The van der Waals surface area contributed by atoms with Crippen molar-refractivity contribution < 1.29 is 26.1 Å². The van der Waals surface area contributed by atoms with Gasteiger partial charge in [0, 0.05) is 0 Å². The van der Waals surface area contributed by atoms with Crippen molar-refractivity contribution >= 4 is 21.0 Å². The normalized spacial score (nSPS) is 11.8. The average Bonchev–Trinajstić information content (AvgIpc) is 2.82. The molecule has 0 unspecified atom stereocenters. The Hall–Kier alpha value is -2.29. The standard InChI is InChI=1S/C27H33S.CHF3O3S/c1-4-7-22-10-16-25(17-11-22)28(26-18-12-23(8-5-2)13-19-26)27-20-14-24(9-6-3)15-21-27;2-1(3,4)8(5,6)7/h10-21H,4-9H2,1-3H3;(H,5,6,7)/q+1;/p-1. The van der Waals surface area contributed by atoms with Gasteiger partial charge in [-0.1, -0.05) is 76.4 Å². The maximum Gasteiger partial charge on any atom is 0.485 e. The molecule has 0 bridgehead atoms. The summed E-state index contributed by atoms with van der Waals surface area (Å²) in [5, 5.41) is 0. The molecule has 3 nitrogen and oxygen atoms in total. The van der Waals surface area contributed by atoms with Crippen molar-refractivity contribution in [3.63, 3.8) is 0 Å². The van der Waals surface area contributed by atoms with E-state index in [1.165, 1.54) is 50.6 Å². The van der Waals surface area contributed by atoms with Crippen molar-refractivity contribution in [2.24, 2.45) is 0 Å². The summed E-state index contributed by atoms with van der Waals surface area (Å²) in [5.41, 5.74) is -1.34. The number of rotatable bonds is 9. The minimum atomic E-state index is -6.09. The Morgan fingerprint density at radius 3 is 1.00 bits per heavy atom. The molecule has 0 amide bonds. The summed E-state index contributed by atoms with van der Waals surface area (Å²) in [5.74, 6) is 0. The van der Waals surface area contributed by atoms with E-state index in [9.17, 15) is 13.2 Å². The van der Waals surface area contributed by atoms with Crippen molar-refractivity contribution in [3.8, 4) is 0 Å². The summed E-state index contributed by atoms with van der Waals surface area (Å²) in [6, 6.07) is 27.9. The Morgan fingerprint density at radius 2 is 0.833 bits per heavy atom. The lowest BCUT2D eigenvalue weighted by Crippen LogP contribution is -2.21. The van der Waals surface area contributed by atoms with Crippen LogP contribution in [0.5, 0.6) is 0 Å². The fourth-order valence-corrected chi connectivity index (χ4v) is 5.69. The SMILES string of the molecule is CCCc1ccc([S+](c2ccc(CCC)cc2)c2ccc(CCC)cc2)cc1.O=S(=O)([O-])C(F)(F)F. The molecule has 0 saturated carbocycles. The molecule has 0 fully saturated rings. The summed E-state index contributed by atoms with van der Waals surface area (Å²) in [7, 11) is -6.14. The van der Waals surface area contributed by atoms with Gasteiger partial charge in [-0.05, 0) is 72.4 Å². The zero-order chi connectivity index (χ0) is 26.8. The van der Waals surface area contributed by atoms with Gasteiger partial charge in [0.1, 0.15) is 0 Å². The molecule has 0 heterocycles. The van der Waals surface area contributed by atoms with E-state index in [4.69, 9.17) is 13.0 Å². The third-order valence-electron chi connectivity index (χ3n) is 5.38. The Labute approximate surface area is 215 Å². The maximum atomic E-state index is 10.7. The van der Waals surface area contributed by atoms with Gasteiger partial charge in [0.05, 0.1) is 10.9 Å². The predicted molar refractivity (Wildman–Crippen MR) is 139 cm³/mol. The topological polar surface area (TPSA) is 57.2 Å². The summed E-state index contributed by atoms with van der Waals surface area (Å²) >= 11 is 0. The number of benzene rings is 3. The van der Waals surface area contributed by atoms with Crippen LogP contribution in [0.3, 0.4) is 0 Å². The molecule has 0 saturated heterocycles. The molecule has 36 heavy (non-hydrogen) atoms. The quantitative estimate of drug-likeness (QED) is 0.159. The minimum absolute atomic E-state index is 0.0512. The van der Waals surface area contributed by atoms with Gasteiger partial charge in [0.2, 0.25) is 0 Å². The lowest BCUT2D eigenvalue weighted by molar-refractivity contribution is -0.0517. The fourth-order valence-electron chi connectivity index (χ4n) is 3.65. The molecule has 3 rings (SSSR count). The van der Waals surface area contributed by atoms with Crippen LogP contribution in [0.25, 0.3) is 0 Å². The van der Waals surface area contributed by atoms with Crippen molar-refractivity contribution in [2.75, 3.05) is 0 Å². The van der Waals surface area contributed by atoms with E-state index in [0.29, 0.717) is 0 Å². The van der Waals surface area contributed by atoms with E-state index in [1.807, 2.05) is 0 Å². The largest absolute Gasteiger partial charge is 0.741 e. The molecule has 0 N–H and O–H groups in total. The highest BCUT2D eigenvalue weighted by Gasteiger charge is 2.37. The molecule has 0 aromatic heterocycles. The Balaban J connectivity index is 0.000000493. The zero-order valence-corrected chi connectivity index (χ0v) is 22.5. The van der Waals surface area contributed by atoms with Crippen molar-refractivity contribution in [2.45, 2.75) is 79.5 Å². The van der Waals surface area contributed by atoms with Crippen LogP contribution in [0, 0.1) is 0 Å². The van der Waals surface area contributed by atoms with E-state index in [2.05, 4.69) is 93.6 Å². The first-order valence-corrected chi connectivity index (χ1v) is 14.7. The van der Waals surface area contributed by atoms with Crippen LogP contribution in [0.1, 0.15) is 56.7 Å².